The van der Waals surface area contributed by atoms with Crippen molar-refractivity contribution in [1.82, 2.24) is 9.88 Å². The predicted octanol–water partition coefficient (Wildman–Crippen LogP) is 3.45. The molecule has 1 saturated heterocycles. The largest absolute Gasteiger partial charge is 0.338 e. The number of halogens is 2. The maximum absolute atomic E-state index is 12.6. The van der Waals surface area contributed by atoms with Gasteiger partial charge in [0.1, 0.15) is 4.88 Å². The number of thiazole rings is 1. The third-order valence-electron chi connectivity index (χ3n) is 4.06. The van der Waals surface area contributed by atoms with Crippen LogP contribution in [0.3, 0.4) is 0 Å². The second-order valence-corrected chi connectivity index (χ2v) is 6.90. The van der Waals surface area contributed by atoms with E-state index in [0.29, 0.717) is 0 Å². The summed E-state index contributed by atoms with van der Waals surface area (Å²) < 4.78 is 0. The van der Waals surface area contributed by atoms with Gasteiger partial charge in [0, 0.05) is 25.6 Å². The smallest absolute Gasteiger partial charge is 0.265 e. The van der Waals surface area contributed by atoms with Gasteiger partial charge in [0.2, 0.25) is 0 Å². The van der Waals surface area contributed by atoms with Crippen molar-refractivity contribution in [3.8, 4) is 0 Å². The lowest BCUT2D eigenvalue weighted by Crippen LogP contribution is -2.42. The number of carbonyl (C=O) groups excluding carboxylic acids is 1. The van der Waals surface area contributed by atoms with Gasteiger partial charge in [-0.3, -0.25) is 4.79 Å². The number of aromatic nitrogens is 1. The summed E-state index contributed by atoms with van der Waals surface area (Å²) in [5.41, 5.74) is 7.97. The Hall–Kier alpha value is -1.14. The summed E-state index contributed by atoms with van der Waals surface area (Å²) in [5, 5.41) is 1.00. The van der Waals surface area contributed by atoms with Crippen LogP contribution in [0.1, 0.15) is 38.8 Å². The monoisotopic (exact) mass is 387 g/mol. The molecule has 1 fully saturated rings. The van der Waals surface area contributed by atoms with Gasteiger partial charge >= 0.3 is 0 Å². The van der Waals surface area contributed by atoms with Crippen molar-refractivity contribution in [3.05, 3.63) is 51.5 Å². The first-order valence-electron chi connectivity index (χ1n) is 7.68. The molecular formula is C17H23Cl2N3OS. The first kappa shape index (κ1) is 20.9. The second-order valence-electron chi connectivity index (χ2n) is 5.81. The number of rotatable bonds is 3. The fourth-order valence-electron chi connectivity index (χ4n) is 2.74. The maximum Gasteiger partial charge on any atom is 0.265 e. The van der Waals surface area contributed by atoms with Crippen LogP contribution in [-0.4, -0.2) is 34.9 Å². The Kier molecular flexibility index (Phi) is 8.16. The van der Waals surface area contributed by atoms with Gasteiger partial charge in [-0.15, -0.1) is 36.2 Å². The van der Waals surface area contributed by atoms with Crippen LogP contribution in [0.15, 0.2) is 30.3 Å². The van der Waals surface area contributed by atoms with E-state index in [9.17, 15) is 4.79 Å². The molecule has 0 spiro atoms. The van der Waals surface area contributed by atoms with Crippen molar-refractivity contribution in [2.75, 3.05) is 13.1 Å². The molecule has 0 radical (unpaired) electrons. The summed E-state index contributed by atoms with van der Waals surface area (Å²) >= 11 is 1.52. The molecule has 1 aliphatic heterocycles. The fourth-order valence-corrected chi connectivity index (χ4v) is 3.81. The van der Waals surface area contributed by atoms with E-state index in [-0.39, 0.29) is 36.8 Å². The minimum Gasteiger partial charge on any atom is -0.338 e. The highest BCUT2D eigenvalue weighted by Gasteiger charge is 2.25. The molecule has 2 aromatic rings. The van der Waals surface area contributed by atoms with Crippen molar-refractivity contribution in [2.24, 2.45) is 5.73 Å². The molecular weight excluding hydrogens is 365 g/mol. The molecule has 24 heavy (non-hydrogen) atoms. The molecule has 1 amide bonds. The molecule has 0 unspecified atom stereocenters. The second kappa shape index (κ2) is 9.37. The minimum absolute atomic E-state index is 0. The summed E-state index contributed by atoms with van der Waals surface area (Å²) in [6.07, 6.45) is 2.56. The standard InChI is InChI=1S/C17H21N3OS.2ClH/c1-12-16(17(21)20-9-7-14(18)8-10-20)22-15(19-12)11-13-5-3-2-4-6-13;;/h2-6,14H,7-11,18H2,1H3;2*1H. The average molecular weight is 388 g/mol. The van der Waals surface area contributed by atoms with Crippen LogP contribution in [0.5, 0.6) is 0 Å². The molecule has 0 saturated carbocycles. The number of piperidine rings is 1. The van der Waals surface area contributed by atoms with E-state index < -0.39 is 0 Å². The zero-order valence-electron chi connectivity index (χ0n) is 13.6. The number of nitrogens with two attached hydrogens (primary N) is 1. The van der Waals surface area contributed by atoms with Crippen molar-refractivity contribution >= 4 is 42.1 Å². The van der Waals surface area contributed by atoms with E-state index in [1.807, 2.05) is 30.0 Å². The first-order valence-corrected chi connectivity index (χ1v) is 8.50. The molecule has 4 nitrogen and oxygen atoms in total. The van der Waals surface area contributed by atoms with Crippen LogP contribution in [0, 0.1) is 6.92 Å². The predicted molar refractivity (Wildman–Crippen MR) is 104 cm³/mol. The van der Waals surface area contributed by atoms with E-state index >= 15 is 0 Å². The molecule has 1 aliphatic rings. The fraction of sp³-hybridized carbons (Fsp3) is 0.412. The number of hydrogen-bond donors (Lipinski definition) is 1. The molecule has 1 aromatic heterocycles. The highest BCUT2D eigenvalue weighted by atomic mass is 35.5. The quantitative estimate of drug-likeness (QED) is 0.876. The third kappa shape index (κ3) is 4.93. The molecule has 1 aromatic carbocycles. The van der Waals surface area contributed by atoms with E-state index in [0.717, 1.165) is 47.9 Å². The number of benzene rings is 1. The van der Waals surface area contributed by atoms with Crippen LogP contribution >= 0.6 is 36.2 Å². The van der Waals surface area contributed by atoms with E-state index in [4.69, 9.17) is 5.73 Å². The van der Waals surface area contributed by atoms with Crippen LogP contribution in [0.4, 0.5) is 0 Å². The Morgan fingerprint density at radius 1 is 1.25 bits per heavy atom. The van der Waals surface area contributed by atoms with Gasteiger partial charge in [0.15, 0.2) is 0 Å². The third-order valence-corrected chi connectivity index (χ3v) is 5.21. The molecule has 2 N–H and O–H groups in total. The molecule has 2 heterocycles. The van der Waals surface area contributed by atoms with Gasteiger partial charge in [0.05, 0.1) is 10.7 Å². The highest BCUT2D eigenvalue weighted by Crippen LogP contribution is 2.23. The Morgan fingerprint density at radius 3 is 2.50 bits per heavy atom. The molecule has 132 valence electrons. The van der Waals surface area contributed by atoms with Crippen molar-refractivity contribution in [1.29, 1.82) is 0 Å². The van der Waals surface area contributed by atoms with Gasteiger partial charge in [0.25, 0.3) is 5.91 Å². The van der Waals surface area contributed by atoms with Crippen molar-refractivity contribution in [3.63, 3.8) is 0 Å². The Balaban J connectivity index is 0.00000144. The molecule has 3 rings (SSSR count). The van der Waals surface area contributed by atoms with Gasteiger partial charge in [-0.2, -0.15) is 0 Å². The SMILES string of the molecule is Cc1nc(Cc2ccccc2)sc1C(=O)N1CCC(N)CC1.Cl.Cl. The first-order chi connectivity index (χ1) is 10.6. The van der Waals surface area contributed by atoms with Crippen LogP contribution in [0.25, 0.3) is 0 Å². The summed E-state index contributed by atoms with van der Waals surface area (Å²) in [4.78, 5) is 19.9. The van der Waals surface area contributed by atoms with Crippen molar-refractivity contribution < 1.29 is 4.79 Å². The minimum atomic E-state index is 0. The summed E-state index contributed by atoms with van der Waals surface area (Å²) in [6.45, 7) is 3.44. The number of nitrogens with zero attached hydrogens (tertiary/aromatic N) is 2. The van der Waals surface area contributed by atoms with E-state index in [1.54, 1.807) is 0 Å². The number of likely N-dealkylation sites (tertiary alicyclic amines) is 1. The van der Waals surface area contributed by atoms with Gasteiger partial charge in [-0.05, 0) is 25.3 Å². The van der Waals surface area contributed by atoms with Crippen LogP contribution < -0.4 is 5.73 Å². The molecule has 7 heteroatoms. The molecule has 0 aliphatic carbocycles. The Bertz CT molecular complexity index is 655. The highest BCUT2D eigenvalue weighted by molar-refractivity contribution is 7.13. The Morgan fingerprint density at radius 2 is 1.88 bits per heavy atom. The number of hydrogen-bond acceptors (Lipinski definition) is 4. The lowest BCUT2D eigenvalue weighted by molar-refractivity contribution is 0.0718. The number of amides is 1. The summed E-state index contributed by atoms with van der Waals surface area (Å²) in [5.74, 6) is 0.112. The number of aryl methyl sites for hydroxylation is 1. The van der Waals surface area contributed by atoms with Crippen LogP contribution in [0.2, 0.25) is 0 Å². The lowest BCUT2D eigenvalue weighted by Gasteiger charge is -2.29. The van der Waals surface area contributed by atoms with Gasteiger partial charge in [-0.1, -0.05) is 30.3 Å². The molecule has 0 bridgehead atoms. The molecule has 0 atom stereocenters. The van der Waals surface area contributed by atoms with Gasteiger partial charge in [-0.25, -0.2) is 4.98 Å². The van der Waals surface area contributed by atoms with E-state index in [1.165, 1.54) is 16.9 Å². The zero-order chi connectivity index (χ0) is 15.5. The summed E-state index contributed by atoms with van der Waals surface area (Å²) in [7, 11) is 0. The normalized spacial score (nSPS) is 14.7. The summed E-state index contributed by atoms with van der Waals surface area (Å²) in [6, 6.07) is 10.5. The van der Waals surface area contributed by atoms with Gasteiger partial charge < -0.3 is 10.6 Å². The van der Waals surface area contributed by atoms with Crippen molar-refractivity contribution in [2.45, 2.75) is 32.2 Å². The average Bonchev–Trinajstić information content (AvgIpc) is 2.89. The Labute approximate surface area is 159 Å². The lowest BCUT2D eigenvalue weighted by atomic mass is 10.1. The topological polar surface area (TPSA) is 59.2 Å². The maximum atomic E-state index is 12.6. The number of carbonyl (C=O) groups is 1. The van der Waals surface area contributed by atoms with Crippen LogP contribution in [-0.2, 0) is 6.42 Å². The zero-order valence-corrected chi connectivity index (χ0v) is 16.1. The van der Waals surface area contributed by atoms with E-state index in [2.05, 4.69) is 17.1 Å².